The number of hydrogen-bond donors (Lipinski definition) is 6. The summed E-state index contributed by atoms with van der Waals surface area (Å²) in [6.45, 7) is 2.13. The standard InChI is InChI=1S/C13H18FN2O14P3/c1-3-5-13(14)10(18)9(27-11(13)16-6-4-8(17)15-12(16)19)7(2)28-32(23,24)30-33(25,26)29-31(20,21)22/h4,6-7,9-11,18H,1-2H3,(H,23,24)(H,25,26)(H,15,17,19)(H2,20,21,22)/t7-,9+,10?,11+,13+/m0/s1. The maximum Gasteiger partial charge on any atom is 0.490 e. The molecule has 6 N–H and O–H groups in total. The number of alkyl halides is 1. The smallest absolute Gasteiger partial charge is 0.386 e. The zero-order valence-corrected chi connectivity index (χ0v) is 19.2. The monoisotopic (exact) mass is 538 g/mol. The number of halogens is 1. The van der Waals surface area contributed by atoms with E-state index in [0.29, 0.717) is 4.57 Å². The summed E-state index contributed by atoms with van der Waals surface area (Å²) in [6, 6.07) is 0.847. The fourth-order valence-electron chi connectivity index (χ4n) is 2.85. The zero-order valence-electron chi connectivity index (χ0n) is 16.5. The van der Waals surface area contributed by atoms with Crippen molar-refractivity contribution in [2.45, 2.75) is 44.1 Å². The topological polar surface area (TPSA) is 244 Å². The molecule has 1 aliphatic heterocycles. The number of aliphatic hydroxyl groups excluding tert-OH is 1. The molecule has 33 heavy (non-hydrogen) atoms. The number of ether oxygens (including phenoxy) is 1. The van der Waals surface area contributed by atoms with Crippen LogP contribution in [0.3, 0.4) is 0 Å². The predicted octanol–water partition coefficient (Wildman–Crippen LogP) is -0.742. The van der Waals surface area contributed by atoms with Crippen molar-refractivity contribution < 1.29 is 60.6 Å². The Hall–Kier alpha value is -1.50. The number of phosphoric acid groups is 3. The van der Waals surface area contributed by atoms with Gasteiger partial charge in [0.1, 0.15) is 12.2 Å². The highest BCUT2D eigenvalue weighted by Crippen LogP contribution is 2.66. The van der Waals surface area contributed by atoms with Gasteiger partial charge >= 0.3 is 29.2 Å². The van der Waals surface area contributed by atoms with E-state index >= 15 is 4.39 Å². The van der Waals surface area contributed by atoms with Crippen molar-refractivity contribution >= 4 is 23.5 Å². The van der Waals surface area contributed by atoms with Crippen molar-refractivity contribution in [2.24, 2.45) is 0 Å². The van der Waals surface area contributed by atoms with Gasteiger partial charge in [0.15, 0.2) is 6.23 Å². The lowest BCUT2D eigenvalue weighted by atomic mass is 9.94. The van der Waals surface area contributed by atoms with Crippen molar-refractivity contribution in [3.05, 3.63) is 33.1 Å². The Bertz CT molecular complexity index is 1210. The third kappa shape index (κ3) is 6.77. The Morgan fingerprint density at radius 2 is 1.82 bits per heavy atom. The predicted molar refractivity (Wildman–Crippen MR) is 103 cm³/mol. The van der Waals surface area contributed by atoms with Gasteiger partial charge in [0, 0.05) is 12.3 Å². The normalized spacial score (nSPS) is 30.0. The minimum atomic E-state index is -5.83. The Labute approximate surface area is 183 Å². The fourth-order valence-corrected chi connectivity index (χ4v) is 6.05. The quantitative estimate of drug-likeness (QED) is 0.176. The van der Waals surface area contributed by atoms with Gasteiger partial charge in [-0.25, -0.2) is 22.9 Å². The number of aliphatic hydroxyl groups is 1. The van der Waals surface area contributed by atoms with E-state index in [1.807, 2.05) is 10.9 Å². The van der Waals surface area contributed by atoms with Crippen LogP contribution in [0.2, 0.25) is 0 Å². The molecule has 20 heteroatoms. The highest BCUT2D eigenvalue weighted by atomic mass is 31.3. The average molecular weight is 538 g/mol. The molecule has 1 aliphatic rings. The van der Waals surface area contributed by atoms with E-state index in [2.05, 4.69) is 19.1 Å². The van der Waals surface area contributed by atoms with E-state index in [1.54, 1.807) is 0 Å². The van der Waals surface area contributed by atoms with E-state index < -0.39 is 64.9 Å². The zero-order chi connectivity index (χ0) is 25.4. The minimum Gasteiger partial charge on any atom is -0.386 e. The van der Waals surface area contributed by atoms with Crippen LogP contribution < -0.4 is 11.2 Å². The van der Waals surface area contributed by atoms with Gasteiger partial charge in [0.25, 0.3) is 5.56 Å². The summed E-state index contributed by atoms with van der Waals surface area (Å²) in [5, 5.41) is 10.5. The second-order valence-corrected chi connectivity index (χ2v) is 10.8. The molecule has 7 atom stereocenters. The van der Waals surface area contributed by atoms with Crippen LogP contribution in [0.5, 0.6) is 0 Å². The van der Waals surface area contributed by atoms with Gasteiger partial charge in [-0.3, -0.25) is 18.9 Å². The first kappa shape index (κ1) is 27.7. The summed E-state index contributed by atoms with van der Waals surface area (Å²) in [7, 11) is -17.1. The van der Waals surface area contributed by atoms with Crippen LogP contribution >= 0.6 is 23.5 Å². The highest BCUT2D eigenvalue weighted by molar-refractivity contribution is 7.66. The first-order valence-electron chi connectivity index (χ1n) is 8.51. The molecule has 16 nitrogen and oxygen atoms in total. The largest absolute Gasteiger partial charge is 0.490 e. The molecule has 2 rings (SSSR count). The van der Waals surface area contributed by atoms with Gasteiger partial charge < -0.3 is 29.4 Å². The van der Waals surface area contributed by atoms with E-state index in [4.69, 9.17) is 14.5 Å². The lowest BCUT2D eigenvalue weighted by Gasteiger charge is -2.25. The Balaban J connectivity index is 2.32. The molecule has 0 aliphatic carbocycles. The molecule has 0 amide bonds. The van der Waals surface area contributed by atoms with Crippen molar-refractivity contribution in [3.63, 3.8) is 0 Å². The van der Waals surface area contributed by atoms with Crippen molar-refractivity contribution in [1.82, 2.24) is 9.55 Å². The molecule has 1 aromatic heterocycles. The molecule has 3 unspecified atom stereocenters. The Morgan fingerprint density at radius 1 is 1.21 bits per heavy atom. The lowest BCUT2D eigenvalue weighted by Crippen LogP contribution is -2.46. The SMILES string of the molecule is CC#C[C@@]1(F)C(O)[C@@H]([C@H](C)OP(=O)(O)OP(=O)(O)OP(=O)(O)O)O[C@H]1n1ccc(=O)[nH]c1=O. The number of nitrogens with zero attached hydrogens (tertiary/aromatic N) is 1. The van der Waals surface area contributed by atoms with E-state index in [-0.39, 0.29) is 0 Å². The van der Waals surface area contributed by atoms with E-state index in [1.165, 1.54) is 6.92 Å². The number of nitrogens with one attached hydrogen (secondary N) is 1. The summed E-state index contributed by atoms with van der Waals surface area (Å²) >= 11 is 0. The third-order valence-electron chi connectivity index (χ3n) is 3.99. The number of aromatic nitrogens is 2. The number of rotatable bonds is 8. The van der Waals surface area contributed by atoms with Crippen LogP contribution in [-0.4, -0.2) is 58.2 Å². The fraction of sp³-hybridized carbons (Fsp3) is 0.538. The van der Waals surface area contributed by atoms with Crippen molar-refractivity contribution in [1.29, 1.82) is 0 Å². The second-order valence-electron chi connectivity index (χ2n) is 6.46. The number of aromatic amines is 1. The van der Waals surface area contributed by atoms with Gasteiger partial charge in [-0.2, -0.15) is 8.62 Å². The van der Waals surface area contributed by atoms with Crippen LogP contribution in [0, 0.1) is 11.8 Å². The molecule has 186 valence electrons. The number of hydrogen-bond acceptors (Lipinski definition) is 10. The molecule has 2 heterocycles. The minimum absolute atomic E-state index is 0.548. The summed E-state index contributed by atoms with van der Waals surface area (Å²) in [6.07, 6.45) is -7.05. The molecule has 0 aromatic carbocycles. The molecule has 0 bridgehead atoms. The number of phosphoric ester groups is 1. The van der Waals surface area contributed by atoms with Crippen LogP contribution in [0.1, 0.15) is 20.1 Å². The second kappa shape index (κ2) is 9.63. The summed E-state index contributed by atoms with van der Waals surface area (Å²) in [5.41, 5.74) is -4.96. The van der Waals surface area contributed by atoms with Gasteiger partial charge in [0.2, 0.25) is 5.67 Å². The molecule has 0 radical (unpaired) electrons. The first-order chi connectivity index (χ1) is 14.9. The summed E-state index contributed by atoms with van der Waals surface area (Å²) in [4.78, 5) is 61.1. The van der Waals surface area contributed by atoms with E-state index in [0.717, 1.165) is 19.2 Å². The van der Waals surface area contributed by atoms with Gasteiger partial charge in [-0.1, -0.05) is 5.92 Å². The maximum atomic E-state index is 15.6. The van der Waals surface area contributed by atoms with Crippen LogP contribution in [0.4, 0.5) is 4.39 Å². The van der Waals surface area contributed by atoms with Crippen LogP contribution in [-0.2, 0) is 31.6 Å². The van der Waals surface area contributed by atoms with Crippen molar-refractivity contribution in [2.75, 3.05) is 0 Å². The number of H-pyrrole nitrogens is 1. The first-order valence-corrected chi connectivity index (χ1v) is 13.0. The third-order valence-corrected chi connectivity index (χ3v) is 7.91. The lowest BCUT2D eigenvalue weighted by molar-refractivity contribution is -0.0781. The molecule has 1 fully saturated rings. The average Bonchev–Trinajstić information content (AvgIpc) is 2.83. The van der Waals surface area contributed by atoms with Crippen molar-refractivity contribution in [3.8, 4) is 11.8 Å². The molecule has 1 aromatic rings. The van der Waals surface area contributed by atoms with Crippen LogP contribution in [0.15, 0.2) is 21.9 Å². The maximum absolute atomic E-state index is 15.6. The molecule has 1 saturated heterocycles. The van der Waals surface area contributed by atoms with Crippen LogP contribution in [0.25, 0.3) is 0 Å². The van der Waals surface area contributed by atoms with E-state index in [9.17, 15) is 38.2 Å². The van der Waals surface area contributed by atoms with Gasteiger partial charge in [-0.15, -0.1) is 5.92 Å². The summed E-state index contributed by atoms with van der Waals surface area (Å²) < 4.78 is 67.2. The van der Waals surface area contributed by atoms with Gasteiger partial charge in [-0.05, 0) is 13.8 Å². The molecular formula is C13H18FN2O14P3. The molecule has 0 spiro atoms. The highest BCUT2D eigenvalue weighted by Gasteiger charge is 2.60. The summed E-state index contributed by atoms with van der Waals surface area (Å²) in [5.74, 6) is 4.21. The molecule has 0 saturated carbocycles. The Morgan fingerprint density at radius 3 is 2.33 bits per heavy atom. The van der Waals surface area contributed by atoms with Gasteiger partial charge in [0.05, 0.1) is 6.10 Å². The Kier molecular flexibility index (Phi) is 8.10. The molecular weight excluding hydrogens is 520 g/mol.